The number of nitrogens with one attached hydrogen (secondary N) is 1. The number of anilines is 1. The monoisotopic (exact) mass is 408 g/mol. The Labute approximate surface area is 171 Å². The van der Waals surface area contributed by atoms with Gasteiger partial charge in [-0.05, 0) is 43.3 Å². The number of nitrogens with zero attached hydrogens (tertiary/aromatic N) is 3. The predicted octanol–water partition coefficient (Wildman–Crippen LogP) is 3.50. The lowest BCUT2D eigenvalue weighted by Crippen LogP contribution is -2.28. The Morgan fingerprint density at radius 2 is 1.86 bits per heavy atom. The molecule has 0 atom stereocenters. The van der Waals surface area contributed by atoms with Gasteiger partial charge < -0.3 is 10.1 Å². The van der Waals surface area contributed by atoms with E-state index < -0.39 is 0 Å². The molecule has 0 spiro atoms. The average molecular weight is 408 g/mol. The van der Waals surface area contributed by atoms with Crippen LogP contribution in [0.3, 0.4) is 0 Å². The van der Waals surface area contributed by atoms with Gasteiger partial charge in [-0.2, -0.15) is 0 Å². The molecule has 0 bridgehead atoms. The lowest BCUT2D eigenvalue weighted by atomic mass is 10.2. The summed E-state index contributed by atoms with van der Waals surface area (Å²) < 4.78 is 8.45. The molecule has 4 aromatic rings. The quantitative estimate of drug-likeness (QED) is 0.530. The number of para-hydroxylation sites is 2. The van der Waals surface area contributed by atoms with Crippen molar-refractivity contribution >= 4 is 33.4 Å². The number of ether oxygens (including phenoxy) is 1. The lowest BCUT2D eigenvalue weighted by molar-refractivity contribution is -0.116. The van der Waals surface area contributed by atoms with Crippen molar-refractivity contribution in [2.24, 2.45) is 7.05 Å². The molecule has 7 nitrogen and oxygen atoms in total. The summed E-state index contributed by atoms with van der Waals surface area (Å²) >= 11 is 1.34. The highest BCUT2D eigenvalue weighted by Crippen LogP contribution is 2.26. The molecule has 0 saturated carbocycles. The van der Waals surface area contributed by atoms with Gasteiger partial charge in [-0.1, -0.05) is 12.1 Å². The van der Waals surface area contributed by atoms with E-state index in [-0.39, 0.29) is 18.1 Å². The molecule has 2 heterocycles. The van der Waals surface area contributed by atoms with Crippen molar-refractivity contribution in [3.63, 3.8) is 0 Å². The zero-order valence-corrected chi connectivity index (χ0v) is 16.9. The van der Waals surface area contributed by atoms with E-state index in [1.165, 1.54) is 20.5 Å². The summed E-state index contributed by atoms with van der Waals surface area (Å²) in [7, 11) is 1.70. The maximum Gasteiger partial charge on any atom is 0.329 e. The molecular formula is C21H20N4O3S. The number of benzene rings is 2. The molecule has 1 amide bonds. The Morgan fingerprint density at radius 1 is 1.14 bits per heavy atom. The van der Waals surface area contributed by atoms with Crippen LogP contribution in [0.5, 0.6) is 5.75 Å². The van der Waals surface area contributed by atoms with Crippen molar-refractivity contribution in [2.45, 2.75) is 13.5 Å². The summed E-state index contributed by atoms with van der Waals surface area (Å²) in [5.41, 5.74) is 3.00. The topological polar surface area (TPSA) is 78.1 Å². The third kappa shape index (κ3) is 3.79. The summed E-state index contributed by atoms with van der Waals surface area (Å²) in [5, 5.41) is 5.17. The van der Waals surface area contributed by atoms with Crippen LogP contribution in [0.1, 0.15) is 6.92 Å². The number of rotatable bonds is 6. The number of carbonyl (C=O) groups is 1. The Kier molecular flexibility index (Phi) is 5.18. The van der Waals surface area contributed by atoms with Gasteiger partial charge in [0.05, 0.1) is 23.3 Å². The number of hydrogen-bond acceptors (Lipinski definition) is 5. The van der Waals surface area contributed by atoms with Gasteiger partial charge in [-0.3, -0.25) is 13.9 Å². The average Bonchev–Trinajstić information content (AvgIpc) is 3.28. The van der Waals surface area contributed by atoms with Gasteiger partial charge >= 0.3 is 5.69 Å². The molecule has 0 aliphatic rings. The number of aromatic nitrogens is 3. The van der Waals surface area contributed by atoms with Crippen LogP contribution in [0.25, 0.3) is 22.3 Å². The summed E-state index contributed by atoms with van der Waals surface area (Å²) in [6, 6.07) is 15.0. The summed E-state index contributed by atoms with van der Waals surface area (Å²) in [6.45, 7) is 2.49. The van der Waals surface area contributed by atoms with Crippen molar-refractivity contribution in [3.05, 3.63) is 64.4 Å². The molecule has 8 heteroatoms. The van der Waals surface area contributed by atoms with Crippen LogP contribution in [0, 0.1) is 0 Å². The van der Waals surface area contributed by atoms with E-state index in [9.17, 15) is 9.59 Å². The fourth-order valence-electron chi connectivity index (χ4n) is 3.17. The largest absolute Gasteiger partial charge is 0.494 e. The van der Waals surface area contributed by atoms with Gasteiger partial charge in [0.25, 0.3) is 0 Å². The van der Waals surface area contributed by atoms with Gasteiger partial charge in [0, 0.05) is 18.0 Å². The first-order valence-electron chi connectivity index (χ1n) is 9.19. The van der Waals surface area contributed by atoms with E-state index in [4.69, 9.17) is 4.74 Å². The SMILES string of the molecule is CCOc1ccc(-c2csc(NC(=O)Cn3c(=O)n(C)c4ccccc43)n2)cc1. The van der Waals surface area contributed by atoms with Crippen molar-refractivity contribution in [1.82, 2.24) is 14.1 Å². The number of imidazole rings is 1. The van der Waals surface area contributed by atoms with Crippen LogP contribution in [-0.4, -0.2) is 26.6 Å². The molecule has 148 valence electrons. The lowest BCUT2D eigenvalue weighted by Gasteiger charge is -2.04. The van der Waals surface area contributed by atoms with Gasteiger partial charge in [0.2, 0.25) is 5.91 Å². The Morgan fingerprint density at radius 3 is 2.59 bits per heavy atom. The first kappa shape index (κ1) is 18.9. The minimum Gasteiger partial charge on any atom is -0.494 e. The van der Waals surface area contributed by atoms with Crippen molar-refractivity contribution in [3.8, 4) is 17.0 Å². The second-order valence-electron chi connectivity index (χ2n) is 6.46. The minimum atomic E-state index is -0.295. The van der Waals surface area contributed by atoms with Crippen molar-refractivity contribution < 1.29 is 9.53 Å². The van der Waals surface area contributed by atoms with E-state index in [0.717, 1.165) is 28.0 Å². The third-order valence-electron chi connectivity index (χ3n) is 4.57. The molecule has 2 aromatic carbocycles. The van der Waals surface area contributed by atoms with Gasteiger partial charge in [-0.15, -0.1) is 11.3 Å². The number of aryl methyl sites for hydroxylation is 1. The smallest absolute Gasteiger partial charge is 0.329 e. The highest BCUT2D eigenvalue weighted by Gasteiger charge is 2.14. The molecule has 0 fully saturated rings. The third-order valence-corrected chi connectivity index (χ3v) is 5.32. The maximum atomic E-state index is 12.5. The Balaban J connectivity index is 1.49. The fourth-order valence-corrected chi connectivity index (χ4v) is 3.91. The fraction of sp³-hybridized carbons (Fsp3) is 0.190. The highest BCUT2D eigenvalue weighted by molar-refractivity contribution is 7.14. The van der Waals surface area contributed by atoms with E-state index in [1.807, 2.05) is 60.8 Å². The molecule has 0 aliphatic carbocycles. The Hall–Kier alpha value is -3.39. The molecule has 1 N–H and O–H groups in total. The normalized spacial score (nSPS) is 11.0. The van der Waals surface area contributed by atoms with Crippen LogP contribution in [-0.2, 0) is 18.4 Å². The molecular weight excluding hydrogens is 388 g/mol. The van der Waals surface area contributed by atoms with Gasteiger partial charge in [-0.25, -0.2) is 9.78 Å². The molecule has 0 aliphatic heterocycles. The maximum absolute atomic E-state index is 12.5. The highest BCUT2D eigenvalue weighted by atomic mass is 32.1. The predicted molar refractivity (Wildman–Crippen MR) is 115 cm³/mol. The van der Waals surface area contributed by atoms with Crippen molar-refractivity contribution in [1.29, 1.82) is 0 Å². The number of carbonyl (C=O) groups excluding carboxylic acids is 1. The summed E-state index contributed by atoms with van der Waals surface area (Å²) in [6.07, 6.45) is 0. The standard InChI is InChI=1S/C21H20N4O3S/c1-3-28-15-10-8-14(9-11-15)16-13-29-20(22-16)23-19(26)12-25-18-7-5-4-6-17(18)24(2)21(25)27/h4-11,13H,3,12H2,1-2H3,(H,22,23,26). The first-order chi connectivity index (χ1) is 14.1. The molecule has 4 rings (SSSR count). The molecule has 0 saturated heterocycles. The van der Waals surface area contributed by atoms with Crippen LogP contribution < -0.4 is 15.7 Å². The number of thiazole rings is 1. The van der Waals surface area contributed by atoms with E-state index >= 15 is 0 Å². The molecule has 2 aromatic heterocycles. The van der Waals surface area contributed by atoms with E-state index in [2.05, 4.69) is 10.3 Å². The van der Waals surface area contributed by atoms with Crippen LogP contribution in [0.15, 0.2) is 58.7 Å². The Bertz CT molecular complexity index is 1220. The number of fused-ring (bicyclic) bond motifs is 1. The number of amides is 1. The second kappa shape index (κ2) is 7.92. The second-order valence-corrected chi connectivity index (χ2v) is 7.32. The van der Waals surface area contributed by atoms with Gasteiger partial charge in [0.15, 0.2) is 5.13 Å². The zero-order chi connectivity index (χ0) is 20.4. The van der Waals surface area contributed by atoms with Crippen LogP contribution >= 0.6 is 11.3 Å². The van der Waals surface area contributed by atoms with Gasteiger partial charge in [0.1, 0.15) is 12.3 Å². The summed E-state index contributed by atoms with van der Waals surface area (Å²) in [5.74, 6) is 0.511. The van der Waals surface area contributed by atoms with Crippen LogP contribution in [0.2, 0.25) is 0 Å². The first-order valence-corrected chi connectivity index (χ1v) is 10.1. The zero-order valence-electron chi connectivity index (χ0n) is 16.1. The van der Waals surface area contributed by atoms with E-state index in [0.29, 0.717) is 11.7 Å². The van der Waals surface area contributed by atoms with Crippen molar-refractivity contribution in [2.75, 3.05) is 11.9 Å². The summed E-state index contributed by atoms with van der Waals surface area (Å²) in [4.78, 5) is 29.5. The molecule has 0 radical (unpaired) electrons. The number of hydrogen-bond donors (Lipinski definition) is 1. The van der Waals surface area contributed by atoms with E-state index in [1.54, 1.807) is 7.05 Å². The minimum absolute atomic E-state index is 0.0713. The van der Waals surface area contributed by atoms with Crippen LogP contribution in [0.4, 0.5) is 5.13 Å². The molecule has 0 unspecified atom stereocenters. The molecule has 29 heavy (non-hydrogen) atoms.